The van der Waals surface area contributed by atoms with Crippen molar-refractivity contribution in [2.45, 2.75) is 45.6 Å². The summed E-state index contributed by atoms with van der Waals surface area (Å²) in [6.07, 6.45) is 3.75. The minimum absolute atomic E-state index is 0.109. The Morgan fingerprint density at radius 3 is 2.89 bits per heavy atom. The Hall–Kier alpha value is -2.07. The monoisotopic (exact) mass is 368 g/mol. The molecule has 4 rings (SSSR count). The maximum absolute atomic E-state index is 11.5. The smallest absolute Gasteiger partial charge is 0.336 e. The average Bonchev–Trinajstić information content (AvgIpc) is 2.64. The first-order chi connectivity index (χ1) is 12.9. The van der Waals surface area contributed by atoms with Crippen LogP contribution in [0.3, 0.4) is 0 Å². The van der Waals surface area contributed by atoms with Gasteiger partial charge in [0.1, 0.15) is 11.3 Å². The Kier molecular flexibility index (Phi) is 4.63. The zero-order chi connectivity index (χ0) is 19.2. The van der Waals surface area contributed by atoms with Crippen LogP contribution >= 0.6 is 0 Å². The molecule has 2 saturated carbocycles. The van der Waals surface area contributed by atoms with E-state index in [0.29, 0.717) is 29.8 Å². The minimum Gasteiger partial charge on any atom is -0.493 e. The molecular formula is C23H28O4. The molecule has 0 radical (unpaired) electrons. The Labute approximate surface area is 159 Å². The normalized spacial score (nSPS) is 33.7. The van der Waals surface area contributed by atoms with Crippen molar-refractivity contribution < 1.29 is 14.3 Å². The summed E-state index contributed by atoms with van der Waals surface area (Å²) in [7, 11) is 0. The summed E-state index contributed by atoms with van der Waals surface area (Å²) < 4.78 is 11.4. The molecule has 0 aliphatic heterocycles. The van der Waals surface area contributed by atoms with Gasteiger partial charge in [-0.15, -0.1) is 0 Å². The minimum atomic E-state index is -0.356. The molecule has 1 aromatic heterocycles. The summed E-state index contributed by atoms with van der Waals surface area (Å²) in [5.41, 5.74) is 1.55. The second-order valence-electron chi connectivity index (χ2n) is 8.59. The van der Waals surface area contributed by atoms with Crippen LogP contribution in [-0.2, 0) is 0 Å². The first-order valence-electron chi connectivity index (χ1n) is 9.91. The van der Waals surface area contributed by atoms with E-state index in [2.05, 4.69) is 20.4 Å². The number of hydrogen-bond acceptors (Lipinski definition) is 4. The molecule has 1 heterocycles. The van der Waals surface area contributed by atoms with E-state index >= 15 is 0 Å². The van der Waals surface area contributed by atoms with Crippen LogP contribution in [0.4, 0.5) is 0 Å². The summed E-state index contributed by atoms with van der Waals surface area (Å²) in [5, 5.41) is 11.2. The zero-order valence-electron chi connectivity index (χ0n) is 16.1. The fourth-order valence-electron chi connectivity index (χ4n) is 5.40. The van der Waals surface area contributed by atoms with Crippen LogP contribution in [0.25, 0.3) is 11.0 Å². The van der Waals surface area contributed by atoms with Crippen LogP contribution in [-0.4, -0.2) is 17.8 Å². The lowest BCUT2D eigenvalue weighted by Crippen LogP contribution is -2.51. The van der Waals surface area contributed by atoms with E-state index in [9.17, 15) is 9.90 Å². The van der Waals surface area contributed by atoms with Gasteiger partial charge in [-0.25, -0.2) is 4.79 Å². The number of hydrogen-bond donors (Lipinski definition) is 1. The maximum atomic E-state index is 11.5. The van der Waals surface area contributed by atoms with Gasteiger partial charge in [0, 0.05) is 23.4 Å². The summed E-state index contributed by atoms with van der Waals surface area (Å²) in [4.78, 5) is 11.5. The molecule has 0 amide bonds. The van der Waals surface area contributed by atoms with Crippen LogP contribution in [0.1, 0.15) is 39.5 Å². The van der Waals surface area contributed by atoms with Gasteiger partial charge in [-0.05, 0) is 61.1 Å². The van der Waals surface area contributed by atoms with Gasteiger partial charge >= 0.3 is 5.63 Å². The lowest BCUT2D eigenvalue weighted by Gasteiger charge is -2.55. The van der Waals surface area contributed by atoms with Crippen molar-refractivity contribution in [1.29, 1.82) is 0 Å². The number of aliphatic hydroxyl groups is 1. The van der Waals surface area contributed by atoms with Crippen molar-refractivity contribution in [2.75, 3.05) is 6.61 Å². The number of aliphatic hydroxyl groups excluding tert-OH is 1. The van der Waals surface area contributed by atoms with E-state index in [1.807, 2.05) is 12.1 Å². The highest BCUT2D eigenvalue weighted by molar-refractivity contribution is 5.77. The van der Waals surface area contributed by atoms with Crippen LogP contribution in [0.15, 0.2) is 51.7 Å². The van der Waals surface area contributed by atoms with E-state index in [4.69, 9.17) is 9.15 Å². The van der Waals surface area contributed by atoms with E-state index in [0.717, 1.165) is 31.1 Å². The van der Waals surface area contributed by atoms with Crippen molar-refractivity contribution in [2.24, 2.45) is 23.2 Å². The number of benzene rings is 1. The molecule has 0 saturated heterocycles. The first kappa shape index (κ1) is 18.3. The third-order valence-corrected chi connectivity index (χ3v) is 7.14. The Morgan fingerprint density at radius 2 is 2.07 bits per heavy atom. The fraction of sp³-hybridized carbons (Fsp3) is 0.522. The fourth-order valence-corrected chi connectivity index (χ4v) is 5.40. The van der Waals surface area contributed by atoms with E-state index in [1.165, 1.54) is 11.6 Å². The molecule has 144 valence electrons. The molecule has 0 bridgehead atoms. The average molecular weight is 368 g/mol. The second-order valence-corrected chi connectivity index (χ2v) is 8.59. The van der Waals surface area contributed by atoms with Crippen molar-refractivity contribution in [3.05, 3.63) is 52.9 Å². The number of rotatable bonds is 3. The van der Waals surface area contributed by atoms with Crippen LogP contribution in [0.2, 0.25) is 0 Å². The van der Waals surface area contributed by atoms with Crippen LogP contribution in [0.5, 0.6) is 5.75 Å². The largest absolute Gasteiger partial charge is 0.493 e. The zero-order valence-corrected chi connectivity index (χ0v) is 16.1. The van der Waals surface area contributed by atoms with E-state index in [1.54, 1.807) is 12.1 Å². The topological polar surface area (TPSA) is 59.7 Å². The Morgan fingerprint density at radius 1 is 1.30 bits per heavy atom. The molecule has 2 aliphatic carbocycles. The van der Waals surface area contributed by atoms with Crippen molar-refractivity contribution in [3.63, 3.8) is 0 Å². The van der Waals surface area contributed by atoms with Gasteiger partial charge in [0.15, 0.2) is 0 Å². The van der Waals surface area contributed by atoms with Gasteiger partial charge in [-0.2, -0.15) is 0 Å². The molecule has 1 aromatic carbocycles. The summed E-state index contributed by atoms with van der Waals surface area (Å²) in [5.74, 6) is 1.79. The molecule has 5 atom stereocenters. The van der Waals surface area contributed by atoms with Crippen LogP contribution in [0, 0.1) is 23.2 Å². The van der Waals surface area contributed by atoms with Crippen molar-refractivity contribution in [3.8, 4) is 5.75 Å². The summed E-state index contributed by atoms with van der Waals surface area (Å²) >= 11 is 0. The molecule has 27 heavy (non-hydrogen) atoms. The molecule has 4 nitrogen and oxygen atoms in total. The molecule has 2 aromatic rings. The van der Waals surface area contributed by atoms with E-state index < -0.39 is 0 Å². The Balaban J connectivity index is 1.56. The third-order valence-electron chi connectivity index (χ3n) is 7.14. The van der Waals surface area contributed by atoms with Gasteiger partial charge < -0.3 is 14.3 Å². The molecule has 2 fully saturated rings. The lowest BCUT2D eigenvalue weighted by molar-refractivity contribution is -0.0779. The van der Waals surface area contributed by atoms with Gasteiger partial charge in [0.25, 0.3) is 0 Å². The molecule has 0 spiro atoms. The highest BCUT2D eigenvalue weighted by Gasteiger charge is 2.51. The van der Waals surface area contributed by atoms with Gasteiger partial charge in [0.05, 0.1) is 12.7 Å². The molecular weight excluding hydrogens is 340 g/mol. The number of ether oxygens (including phenoxy) is 1. The highest BCUT2D eigenvalue weighted by Crippen LogP contribution is 2.56. The SMILES string of the molecule is C=C1CC[C@@H]2[C@@H](C)[C@@H](O)CC[C@]2(C)[C@H]1COc1ccc2ccc(=O)oc2c1. The highest BCUT2D eigenvalue weighted by atomic mass is 16.5. The summed E-state index contributed by atoms with van der Waals surface area (Å²) in [6, 6.07) is 8.80. The molecule has 2 aliphatic rings. The quantitative estimate of drug-likeness (QED) is 0.638. The second kappa shape index (κ2) is 6.83. The molecule has 1 N–H and O–H groups in total. The van der Waals surface area contributed by atoms with E-state index in [-0.39, 0.29) is 23.1 Å². The lowest BCUT2D eigenvalue weighted by atomic mass is 9.51. The van der Waals surface area contributed by atoms with Gasteiger partial charge in [-0.3, -0.25) is 0 Å². The first-order valence-corrected chi connectivity index (χ1v) is 9.91. The van der Waals surface area contributed by atoms with Gasteiger partial charge in [0.2, 0.25) is 0 Å². The molecule has 4 heteroatoms. The maximum Gasteiger partial charge on any atom is 0.336 e. The standard InChI is InChI=1S/C23H28O4/c1-14-4-8-18-15(2)20(24)10-11-23(18,3)19(14)13-26-17-7-5-16-6-9-22(25)27-21(16)12-17/h5-7,9,12,15,18-20,24H,1,4,8,10-11,13H2,2-3H3/t15-,18-,19+,20+,23+/m1/s1. The molecule has 0 unspecified atom stereocenters. The third kappa shape index (κ3) is 3.20. The van der Waals surface area contributed by atoms with Crippen molar-refractivity contribution >= 4 is 11.0 Å². The Bertz CT molecular complexity index is 914. The number of fused-ring (bicyclic) bond motifs is 2. The van der Waals surface area contributed by atoms with Crippen LogP contribution < -0.4 is 10.4 Å². The summed E-state index contributed by atoms with van der Waals surface area (Å²) in [6.45, 7) is 9.44. The van der Waals surface area contributed by atoms with Gasteiger partial charge in [-0.1, -0.05) is 26.0 Å². The van der Waals surface area contributed by atoms with Crippen molar-refractivity contribution in [1.82, 2.24) is 0 Å². The predicted molar refractivity (Wildman–Crippen MR) is 106 cm³/mol. The predicted octanol–water partition coefficient (Wildman–Crippen LogP) is 4.55.